The lowest BCUT2D eigenvalue weighted by Gasteiger charge is -2.05. The summed E-state index contributed by atoms with van der Waals surface area (Å²) in [6, 6.07) is 7.82. The summed E-state index contributed by atoms with van der Waals surface area (Å²) in [6.07, 6.45) is 3.92. The predicted molar refractivity (Wildman–Crippen MR) is 76.4 cm³/mol. The number of hydrogen-bond acceptors (Lipinski definition) is 1. The van der Waals surface area contributed by atoms with Gasteiger partial charge in [0.2, 0.25) is 0 Å². The molecule has 0 aliphatic heterocycles. The van der Waals surface area contributed by atoms with Gasteiger partial charge in [-0.15, -0.1) is 0 Å². The molecule has 0 spiro atoms. The standard InChI is InChI=1S/C15H16ClNO/c1-11(2)6-5-9-17-14-8-4-3-7-12(14)13(10-18)15(17)16/h3-4,6-8,10H,5,9H2,1-2H3. The van der Waals surface area contributed by atoms with Crippen LogP contribution in [0.2, 0.25) is 5.15 Å². The van der Waals surface area contributed by atoms with Crippen LogP contribution in [0.1, 0.15) is 30.6 Å². The fourth-order valence-electron chi connectivity index (χ4n) is 2.11. The molecule has 0 radical (unpaired) electrons. The Morgan fingerprint density at radius 1 is 1.33 bits per heavy atom. The molecule has 0 N–H and O–H groups in total. The van der Waals surface area contributed by atoms with Crippen LogP contribution in [0.4, 0.5) is 0 Å². The zero-order chi connectivity index (χ0) is 13.1. The largest absolute Gasteiger partial charge is 0.331 e. The molecule has 2 aromatic rings. The van der Waals surface area contributed by atoms with Gasteiger partial charge < -0.3 is 4.57 Å². The molecule has 0 fully saturated rings. The zero-order valence-corrected chi connectivity index (χ0v) is 11.4. The van der Waals surface area contributed by atoms with Crippen molar-refractivity contribution in [3.8, 4) is 0 Å². The summed E-state index contributed by atoms with van der Waals surface area (Å²) in [5, 5.41) is 1.46. The van der Waals surface area contributed by atoms with Crippen LogP contribution in [0.25, 0.3) is 10.9 Å². The Balaban J connectivity index is 2.46. The number of aryl methyl sites for hydroxylation is 1. The van der Waals surface area contributed by atoms with Crippen molar-refractivity contribution in [1.82, 2.24) is 4.57 Å². The highest BCUT2D eigenvalue weighted by Crippen LogP contribution is 2.28. The first-order valence-electron chi connectivity index (χ1n) is 6.00. The molecule has 1 aromatic carbocycles. The third kappa shape index (κ3) is 2.34. The van der Waals surface area contributed by atoms with Gasteiger partial charge in [0.25, 0.3) is 0 Å². The monoisotopic (exact) mass is 261 g/mol. The SMILES string of the molecule is CC(C)=CCCn1c(Cl)c(C=O)c2ccccc21. The van der Waals surface area contributed by atoms with Crippen LogP contribution >= 0.6 is 11.6 Å². The minimum absolute atomic E-state index is 0.536. The van der Waals surface area contributed by atoms with Crippen LogP contribution < -0.4 is 0 Å². The second-order valence-electron chi connectivity index (χ2n) is 4.56. The van der Waals surface area contributed by atoms with Crippen molar-refractivity contribution in [2.24, 2.45) is 0 Å². The number of carbonyl (C=O) groups is 1. The number of aromatic nitrogens is 1. The maximum atomic E-state index is 11.1. The van der Waals surface area contributed by atoms with Crippen LogP contribution in [0.15, 0.2) is 35.9 Å². The fourth-order valence-corrected chi connectivity index (χ4v) is 2.43. The molecule has 0 unspecified atom stereocenters. The smallest absolute Gasteiger partial charge is 0.153 e. The number of para-hydroxylation sites is 1. The number of hydrogen-bond donors (Lipinski definition) is 0. The van der Waals surface area contributed by atoms with E-state index in [1.807, 2.05) is 28.8 Å². The Hall–Kier alpha value is -1.54. The van der Waals surface area contributed by atoms with Gasteiger partial charge in [0.05, 0.1) is 5.56 Å². The van der Waals surface area contributed by atoms with Gasteiger partial charge in [0.1, 0.15) is 5.15 Å². The lowest BCUT2D eigenvalue weighted by atomic mass is 10.2. The van der Waals surface area contributed by atoms with E-state index in [2.05, 4.69) is 19.9 Å². The maximum absolute atomic E-state index is 11.1. The average molecular weight is 262 g/mol. The van der Waals surface area contributed by atoms with Crippen molar-refractivity contribution < 1.29 is 4.79 Å². The first-order chi connectivity index (χ1) is 8.65. The molecule has 0 bridgehead atoms. The Morgan fingerprint density at radius 2 is 2.06 bits per heavy atom. The molecule has 18 heavy (non-hydrogen) atoms. The van der Waals surface area contributed by atoms with Gasteiger partial charge in [-0.25, -0.2) is 0 Å². The van der Waals surface area contributed by atoms with Crippen molar-refractivity contribution >= 4 is 28.8 Å². The third-order valence-electron chi connectivity index (χ3n) is 2.97. The molecule has 0 atom stereocenters. The van der Waals surface area contributed by atoms with E-state index in [0.29, 0.717) is 10.7 Å². The number of rotatable bonds is 4. The second-order valence-corrected chi connectivity index (χ2v) is 4.92. The second kappa shape index (κ2) is 5.40. The van der Waals surface area contributed by atoms with E-state index in [1.165, 1.54) is 5.57 Å². The highest BCUT2D eigenvalue weighted by atomic mass is 35.5. The lowest BCUT2D eigenvalue weighted by molar-refractivity contribution is 0.112. The molecular formula is C15H16ClNO. The number of nitrogens with zero attached hydrogens (tertiary/aromatic N) is 1. The Kier molecular flexibility index (Phi) is 3.87. The van der Waals surface area contributed by atoms with Crippen LogP contribution in [-0.4, -0.2) is 10.9 Å². The molecule has 0 aliphatic rings. The van der Waals surface area contributed by atoms with E-state index >= 15 is 0 Å². The summed E-state index contributed by atoms with van der Waals surface area (Å²) < 4.78 is 2.00. The Labute approximate surface area is 112 Å². The van der Waals surface area contributed by atoms with Crippen molar-refractivity contribution in [3.63, 3.8) is 0 Å². The Morgan fingerprint density at radius 3 is 2.72 bits per heavy atom. The molecule has 3 heteroatoms. The molecule has 1 heterocycles. The lowest BCUT2D eigenvalue weighted by Crippen LogP contribution is -1.97. The summed E-state index contributed by atoms with van der Waals surface area (Å²) >= 11 is 6.28. The topological polar surface area (TPSA) is 22.0 Å². The fraction of sp³-hybridized carbons (Fsp3) is 0.267. The van der Waals surface area contributed by atoms with Gasteiger partial charge in [-0.1, -0.05) is 41.4 Å². The van der Waals surface area contributed by atoms with Gasteiger partial charge in [-0.3, -0.25) is 4.79 Å². The Bertz CT molecular complexity index is 606. The van der Waals surface area contributed by atoms with Crippen LogP contribution in [0.3, 0.4) is 0 Å². The van der Waals surface area contributed by atoms with Gasteiger partial charge in [0.15, 0.2) is 6.29 Å². The van der Waals surface area contributed by atoms with Gasteiger partial charge >= 0.3 is 0 Å². The van der Waals surface area contributed by atoms with E-state index in [1.54, 1.807) is 0 Å². The summed E-state index contributed by atoms with van der Waals surface area (Å²) in [5.41, 5.74) is 2.90. The van der Waals surface area contributed by atoms with Gasteiger partial charge in [0, 0.05) is 17.4 Å². The third-order valence-corrected chi connectivity index (χ3v) is 3.38. The highest BCUT2D eigenvalue weighted by Gasteiger charge is 2.13. The number of benzene rings is 1. The van der Waals surface area contributed by atoms with Gasteiger partial charge in [-0.05, 0) is 26.3 Å². The zero-order valence-electron chi connectivity index (χ0n) is 10.6. The van der Waals surface area contributed by atoms with E-state index < -0.39 is 0 Å². The molecule has 2 nitrogen and oxygen atoms in total. The number of halogens is 1. The summed E-state index contributed by atoms with van der Waals surface area (Å²) in [7, 11) is 0. The van der Waals surface area contributed by atoms with E-state index in [9.17, 15) is 4.79 Å². The molecular weight excluding hydrogens is 246 g/mol. The maximum Gasteiger partial charge on any atom is 0.153 e. The summed E-state index contributed by atoms with van der Waals surface area (Å²) in [6.45, 7) is 4.94. The minimum atomic E-state index is 0.536. The number of fused-ring (bicyclic) bond motifs is 1. The van der Waals surface area contributed by atoms with E-state index in [0.717, 1.165) is 30.2 Å². The number of allylic oxidation sites excluding steroid dienone is 2. The molecule has 1 aromatic heterocycles. The minimum Gasteiger partial charge on any atom is -0.331 e. The molecule has 94 valence electrons. The van der Waals surface area contributed by atoms with Crippen LogP contribution in [0.5, 0.6) is 0 Å². The number of carbonyl (C=O) groups excluding carboxylic acids is 1. The van der Waals surface area contributed by atoms with Crippen LogP contribution in [-0.2, 0) is 6.54 Å². The first kappa shape index (κ1) is 12.9. The first-order valence-corrected chi connectivity index (χ1v) is 6.38. The van der Waals surface area contributed by atoms with E-state index in [-0.39, 0.29) is 0 Å². The van der Waals surface area contributed by atoms with E-state index in [4.69, 9.17) is 11.6 Å². The molecule has 0 saturated carbocycles. The molecule has 0 saturated heterocycles. The van der Waals surface area contributed by atoms with Crippen molar-refractivity contribution in [1.29, 1.82) is 0 Å². The van der Waals surface area contributed by atoms with Crippen molar-refractivity contribution in [2.45, 2.75) is 26.8 Å². The molecule has 0 amide bonds. The number of aldehydes is 1. The average Bonchev–Trinajstić information content (AvgIpc) is 2.62. The molecule has 2 rings (SSSR count). The highest BCUT2D eigenvalue weighted by molar-refractivity contribution is 6.34. The van der Waals surface area contributed by atoms with Crippen molar-refractivity contribution in [3.05, 3.63) is 46.6 Å². The predicted octanol–water partition coefficient (Wildman–Crippen LogP) is 4.46. The normalized spacial score (nSPS) is 10.6. The van der Waals surface area contributed by atoms with Crippen LogP contribution in [0, 0.1) is 0 Å². The quantitative estimate of drug-likeness (QED) is 0.588. The summed E-state index contributed by atoms with van der Waals surface area (Å²) in [4.78, 5) is 11.1. The summed E-state index contributed by atoms with van der Waals surface area (Å²) in [5.74, 6) is 0. The van der Waals surface area contributed by atoms with Crippen molar-refractivity contribution in [2.75, 3.05) is 0 Å². The van der Waals surface area contributed by atoms with Gasteiger partial charge in [-0.2, -0.15) is 0 Å². The molecule has 0 aliphatic carbocycles.